The van der Waals surface area contributed by atoms with Crippen molar-refractivity contribution in [3.05, 3.63) is 0 Å². The van der Waals surface area contributed by atoms with Gasteiger partial charge in [0.15, 0.2) is 0 Å². The second-order valence-corrected chi connectivity index (χ2v) is 5.17. The van der Waals surface area contributed by atoms with Crippen LogP contribution in [0.1, 0.15) is 0 Å². The van der Waals surface area contributed by atoms with Gasteiger partial charge in [-0.05, 0) is 0 Å². The van der Waals surface area contributed by atoms with Gasteiger partial charge in [-0.3, -0.25) is 0 Å². The van der Waals surface area contributed by atoms with Gasteiger partial charge in [0.1, 0.15) is 0 Å². The van der Waals surface area contributed by atoms with Crippen molar-refractivity contribution in [1.29, 1.82) is 0 Å². The summed E-state index contributed by atoms with van der Waals surface area (Å²) in [6.45, 7) is -0.961. The molecule has 9 heteroatoms. The Morgan fingerprint density at radius 1 is 1.13 bits per heavy atom. The molecule has 94 valence electrons. The Bertz CT molecular complexity index is 129. The van der Waals surface area contributed by atoms with Gasteiger partial charge in [-0.15, -0.1) is 0 Å². The van der Waals surface area contributed by atoms with Gasteiger partial charge in [0, 0.05) is 0 Å². The molecule has 15 heavy (non-hydrogen) atoms. The molecule has 0 saturated carbocycles. The summed E-state index contributed by atoms with van der Waals surface area (Å²) in [6.07, 6.45) is 0. The first-order valence-electron chi connectivity index (χ1n) is 3.94. The van der Waals surface area contributed by atoms with Gasteiger partial charge >= 0.3 is 55.3 Å². The standard InChI is InChI=1S/C4H11NO3.C2H4ClO.2H2O.Sb/c5-4(1-6,2-7)3-8;3-1-2-4;;;/h6-8H,1-3,5H2;1-2H2;2*1H2;/q;-1;;;+3/p-2. The van der Waals surface area contributed by atoms with E-state index in [0.717, 1.165) is 0 Å². The number of rotatable bonds is 6. The zero-order valence-electron chi connectivity index (χ0n) is 8.08. The van der Waals surface area contributed by atoms with Crippen molar-refractivity contribution in [2.45, 2.75) is 5.54 Å². The first kappa shape index (κ1) is 18.2. The molecule has 0 aromatic rings. The average Bonchev–Trinajstić information content (AvgIpc) is 2.26. The van der Waals surface area contributed by atoms with E-state index in [1.54, 1.807) is 0 Å². The van der Waals surface area contributed by atoms with Gasteiger partial charge in [-0.25, -0.2) is 0 Å². The molecule has 0 aliphatic rings. The first-order chi connectivity index (χ1) is 6.95. The van der Waals surface area contributed by atoms with E-state index in [-0.39, 0.29) is 6.61 Å². The van der Waals surface area contributed by atoms with E-state index in [1.807, 2.05) is 0 Å². The quantitative estimate of drug-likeness (QED) is 0.219. The van der Waals surface area contributed by atoms with Gasteiger partial charge in [0.05, 0.1) is 25.4 Å². The van der Waals surface area contributed by atoms with Crippen LogP contribution in [0.2, 0.25) is 0 Å². The molecule has 0 amide bonds. The van der Waals surface area contributed by atoms with Gasteiger partial charge in [0.2, 0.25) is 0 Å². The van der Waals surface area contributed by atoms with Crippen molar-refractivity contribution < 1.29 is 25.1 Å². The van der Waals surface area contributed by atoms with E-state index in [4.69, 9.17) is 39.4 Å². The molecule has 7 N–H and O–H groups in total. The molecular formula is C6H17ClNO6Sb. The second-order valence-electron chi connectivity index (χ2n) is 2.61. The number of hydrogen-bond acceptors (Lipinski definition) is 7. The van der Waals surface area contributed by atoms with Crippen LogP contribution in [0.4, 0.5) is 0 Å². The number of nitrogens with two attached hydrogens (primary N) is 1. The number of hydrogen-bond donors (Lipinski definition) is 6. The van der Waals surface area contributed by atoms with Crippen LogP contribution >= 0.6 is 11.6 Å². The van der Waals surface area contributed by atoms with Crippen molar-refractivity contribution in [2.75, 3.05) is 32.3 Å². The van der Waals surface area contributed by atoms with Crippen LogP contribution in [0.15, 0.2) is 0 Å². The zero-order valence-corrected chi connectivity index (χ0v) is 11.4. The second kappa shape index (κ2) is 11.3. The number of alkyl halides is 1. The molecule has 0 rings (SSSR count). The monoisotopic (exact) mass is 355 g/mol. The normalized spacial score (nSPS) is 11.2. The van der Waals surface area contributed by atoms with Crippen LogP contribution in [-0.2, 0) is 3.02 Å². The molecule has 0 aromatic heterocycles. The van der Waals surface area contributed by atoms with Crippen molar-refractivity contribution in [3.63, 3.8) is 0 Å². The fourth-order valence-corrected chi connectivity index (χ4v) is 1.39. The Morgan fingerprint density at radius 3 is 1.60 bits per heavy atom. The minimum absolute atomic E-state index is 0.247. The topological polar surface area (TPSA) is 136 Å². The van der Waals surface area contributed by atoms with Crippen LogP contribution < -0.4 is 5.73 Å². The predicted molar refractivity (Wildman–Crippen MR) is 55.0 cm³/mol. The Hall–Kier alpha value is 0.828. The molecule has 7 nitrogen and oxygen atoms in total. The van der Waals surface area contributed by atoms with Crippen LogP contribution in [0.5, 0.6) is 0 Å². The summed E-state index contributed by atoms with van der Waals surface area (Å²) in [5.41, 5.74) is 3.94. The summed E-state index contributed by atoms with van der Waals surface area (Å²) in [5, 5.41) is 25.0. The first-order valence-corrected chi connectivity index (χ1v) is 7.80. The molecule has 0 atom stereocenters. The minimum atomic E-state index is -3.12. The molecule has 0 aromatic carbocycles. The summed E-state index contributed by atoms with van der Waals surface area (Å²) in [7, 11) is 0. The van der Waals surface area contributed by atoms with Crippen molar-refractivity contribution in [2.24, 2.45) is 5.73 Å². The van der Waals surface area contributed by atoms with Crippen LogP contribution in [-0.4, -0.2) is 81.4 Å². The molecule has 0 spiro atoms. The number of aliphatic hydroxyl groups is 3. The van der Waals surface area contributed by atoms with E-state index in [1.165, 1.54) is 0 Å². The maximum absolute atomic E-state index is 8.34. The molecular weight excluding hydrogens is 339 g/mol. The predicted octanol–water partition coefficient (Wildman–Crippen LogP) is -3.13. The Kier molecular flexibility index (Phi) is 13.7. The molecule has 0 heterocycles. The van der Waals surface area contributed by atoms with Crippen molar-refractivity contribution in [3.8, 4) is 0 Å². The molecule has 0 bridgehead atoms. The summed E-state index contributed by atoms with van der Waals surface area (Å²) in [6, 6.07) is 0. The average molecular weight is 356 g/mol. The van der Waals surface area contributed by atoms with E-state index < -0.39 is 46.8 Å². The zero-order chi connectivity index (χ0) is 12.3. The Morgan fingerprint density at radius 2 is 1.53 bits per heavy atom. The molecule has 0 aliphatic carbocycles. The third-order valence-corrected chi connectivity index (χ3v) is 2.56. The van der Waals surface area contributed by atoms with Crippen LogP contribution in [0.25, 0.3) is 0 Å². The van der Waals surface area contributed by atoms with Gasteiger partial charge in [0.25, 0.3) is 0 Å². The fraction of sp³-hybridized carbons (Fsp3) is 1.00. The summed E-state index contributed by atoms with van der Waals surface area (Å²) in [5.74, 6) is 0.321. The van der Waals surface area contributed by atoms with E-state index >= 15 is 0 Å². The molecule has 0 aliphatic heterocycles. The third kappa shape index (κ3) is 12.8. The van der Waals surface area contributed by atoms with E-state index in [9.17, 15) is 0 Å². The van der Waals surface area contributed by atoms with E-state index in [2.05, 4.69) is 3.02 Å². The van der Waals surface area contributed by atoms with Gasteiger partial charge < -0.3 is 21.1 Å². The summed E-state index contributed by atoms with van der Waals surface area (Å²) in [4.78, 5) is 0. The molecule has 0 unspecified atom stereocenters. The van der Waals surface area contributed by atoms with Crippen LogP contribution in [0, 0.1) is 0 Å². The van der Waals surface area contributed by atoms with Gasteiger partial charge in [-0.2, -0.15) is 0 Å². The SMILES string of the molecule is NC(CO)(CO)CO.[OH][Sb]([OH])[O]CCCl. The Labute approximate surface area is 102 Å². The number of aliphatic hydroxyl groups excluding tert-OH is 3. The van der Waals surface area contributed by atoms with Crippen LogP contribution in [0.3, 0.4) is 0 Å². The molecule has 0 fully saturated rings. The van der Waals surface area contributed by atoms with Crippen molar-refractivity contribution >= 4 is 33.1 Å². The molecule has 0 saturated heterocycles. The van der Waals surface area contributed by atoms with E-state index in [0.29, 0.717) is 5.88 Å². The fourth-order valence-electron chi connectivity index (χ4n) is 0.266. The number of halogens is 1. The summed E-state index contributed by atoms with van der Waals surface area (Å²) >= 11 is 2.01. The third-order valence-electron chi connectivity index (χ3n) is 1.23. The summed E-state index contributed by atoms with van der Waals surface area (Å²) < 4.78 is 20.6. The van der Waals surface area contributed by atoms with Crippen molar-refractivity contribution in [1.82, 2.24) is 0 Å². The Balaban J connectivity index is 0. The molecule has 0 radical (unpaired) electrons. The van der Waals surface area contributed by atoms with Gasteiger partial charge in [-0.1, -0.05) is 0 Å². The maximum atomic E-state index is 8.34.